The van der Waals surface area contributed by atoms with E-state index in [1.54, 1.807) is 0 Å². The van der Waals surface area contributed by atoms with Gasteiger partial charge in [0.1, 0.15) is 5.60 Å². The lowest BCUT2D eigenvalue weighted by Gasteiger charge is -2.20. The summed E-state index contributed by atoms with van der Waals surface area (Å²) < 4.78 is 5.18. The van der Waals surface area contributed by atoms with Crippen LogP contribution >= 0.6 is 0 Å². The van der Waals surface area contributed by atoms with Crippen LogP contribution in [0.25, 0.3) is 11.4 Å². The Morgan fingerprint density at radius 3 is 2.30 bits per heavy atom. The topological polar surface area (TPSA) is 89.9 Å². The van der Waals surface area contributed by atoms with E-state index in [9.17, 15) is 4.79 Å². The summed E-state index contributed by atoms with van der Waals surface area (Å²) in [6.07, 6.45) is -0.467. The first-order valence-electron chi connectivity index (χ1n) is 7.45. The summed E-state index contributed by atoms with van der Waals surface area (Å²) in [4.78, 5) is 11.6. The monoisotopic (exact) mass is 315 g/mol. The average molecular weight is 315 g/mol. The SMILES string of the molecule is CC(CNC(=O)OC(C)(C)C)c1nnc(-c2ccccc2)nn1. The number of carbonyl (C=O) groups excluding carboxylic acids is 1. The number of carbonyl (C=O) groups is 1. The maximum atomic E-state index is 11.6. The standard InChI is InChI=1S/C16H21N5O2/c1-11(10-17-15(22)23-16(2,3)4)13-18-20-14(21-19-13)12-8-6-5-7-9-12/h5-9,11H,10H2,1-4H3,(H,17,22). The van der Waals surface area contributed by atoms with Gasteiger partial charge in [0.2, 0.25) is 5.82 Å². The average Bonchev–Trinajstić information content (AvgIpc) is 2.52. The summed E-state index contributed by atoms with van der Waals surface area (Å²) in [6.45, 7) is 7.68. The van der Waals surface area contributed by atoms with E-state index in [0.29, 0.717) is 18.2 Å². The van der Waals surface area contributed by atoms with Crippen molar-refractivity contribution in [2.75, 3.05) is 6.54 Å². The van der Waals surface area contributed by atoms with Crippen molar-refractivity contribution in [3.05, 3.63) is 36.2 Å². The van der Waals surface area contributed by atoms with Gasteiger partial charge in [0.15, 0.2) is 5.82 Å². The number of alkyl carbamates (subject to hydrolysis) is 1. The molecule has 0 aliphatic rings. The second kappa shape index (κ2) is 7.13. The second-order valence-corrected chi connectivity index (χ2v) is 6.23. The van der Waals surface area contributed by atoms with E-state index in [0.717, 1.165) is 5.56 Å². The zero-order valence-electron chi connectivity index (χ0n) is 13.8. The van der Waals surface area contributed by atoms with Crippen molar-refractivity contribution in [2.45, 2.75) is 39.2 Å². The summed E-state index contributed by atoms with van der Waals surface area (Å²) in [5, 5.41) is 19.0. The Morgan fingerprint density at radius 2 is 1.74 bits per heavy atom. The van der Waals surface area contributed by atoms with Gasteiger partial charge in [0.05, 0.1) is 0 Å². The van der Waals surface area contributed by atoms with Gasteiger partial charge < -0.3 is 10.1 Å². The molecule has 122 valence electrons. The van der Waals surface area contributed by atoms with Crippen LogP contribution in [-0.2, 0) is 4.74 Å². The highest BCUT2D eigenvalue weighted by Crippen LogP contribution is 2.13. The van der Waals surface area contributed by atoms with Crippen LogP contribution in [0.15, 0.2) is 30.3 Å². The molecule has 23 heavy (non-hydrogen) atoms. The maximum absolute atomic E-state index is 11.6. The van der Waals surface area contributed by atoms with Gasteiger partial charge in [0.25, 0.3) is 0 Å². The summed E-state index contributed by atoms with van der Waals surface area (Å²) in [5.41, 5.74) is 0.336. The molecule has 7 heteroatoms. The highest BCUT2D eigenvalue weighted by atomic mass is 16.6. The zero-order valence-corrected chi connectivity index (χ0v) is 13.8. The second-order valence-electron chi connectivity index (χ2n) is 6.23. The number of hydrogen-bond donors (Lipinski definition) is 1. The van der Waals surface area contributed by atoms with Crippen LogP contribution < -0.4 is 5.32 Å². The molecule has 1 heterocycles. The number of benzene rings is 1. The van der Waals surface area contributed by atoms with Crippen LogP contribution in [0.3, 0.4) is 0 Å². The minimum absolute atomic E-state index is 0.118. The molecule has 0 aliphatic carbocycles. The Morgan fingerprint density at radius 1 is 1.13 bits per heavy atom. The van der Waals surface area contributed by atoms with Gasteiger partial charge in [-0.15, -0.1) is 20.4 Å². The third-order valence-corrected chi connectivity index (χ3v) is 2.92. The first-order valence-corrected chi connectivity index (χ1v) is 7.45. The molecular weight excluding hydrogens is 294 g/mol. The molecule has 7 nitrogen and oxygen atoms in total. The normalized spacial score (nSPS) is 12.5. The summed E-state index contributed by atoms with van der Waals surface area (Å²) in [6, 6.07) is 9.51. The molecule has 0 radical (unpaired) electrons. The predicted molar refractivity (Wildman–Crippen MR) is 85.7 cm³/mol. The summed E-state index contributed by atoms with van der Waals surface area (Å²) in [7, 11) is 0. The van der Waals surface area contributed by atoms with E-state index < -0.39 is 11.7 Å². The van der Waals surface area contributed by atoms with Crippen molar-refractivity contribution >= 4 is 6.09 Å². The number of nitrogens with one attached hydrogen (secondary N) is 1. The first kappa shape index (κ1) is 16.8. The minimum Gasteiger partial charge on any atom is -0.444 e. The van der Waals surface area contributed by atoms with Crippen molar-refractivity contribution < 1.29 is 9.53 Å². The molecule has 1 aromatic heterocycles. The van der Waals surface area contributed by atoms with Crippen molar-refractivity contribution in [1.82, 2.24) is 25.7 Å². The van der Waals surface area contributed by atoms with Gasteiger partial charge in [-0.1, -0.05) is 37.3 Å². The van der Waals surface area contributed by atoms with Crippen LogP contribution in [0.5, 0.6) is 0 Å². The quantitative estimate of drug-likeness (QED) is 0.932. The van der Waals surface area contributed by atoms with E-state index in [1.165, 1.54) is 0 Å². The first-order chi connectivity index (χ1) is 10.8. The fourth-order valence-electron chi connectivity index (χ4n) is 1.78. The Hall–Kier alpha value is -2.57. The molecule has 1 unspecified atom stereocenters. The zero-order chi connectivity index (χ0) is 16.9. The largest absolute Gasteiger partial charge is 0.444 e. The number of hydrogen-bond acceptors (Lipinski definition) is 6. The third-order valence-electron chi connectivity index (χ3n) is 2.92. The molecule has 0 bridgehead atoms. The Kier molecular flexibility index (Phi) is 5.20. The molecule has 1 N–H and O–H groups in total. The van der Waals surface area contributed by atoms with Gasteiger partial charge >= 0.3 is 6.09 Å². The van der Waals surface area contributed by atoms with Gasteiger partial charge in [-0.3, -0.25) is 0 Å². The van der Waals surface area contributed by atoms with Crippen LogP contribution in [0.4, 0.5) is 4.79 Å². The maximum Gasteiger partial charge on any atom is 0.407 e. The lowest BCUT2D eigenvalue weighted by molar-refractivity contribution is 0.0524. The molecule has 1 aromatic carbocycles. The predicted octanol–water partition coefficient (Wildman–Crippen LogP) is 2.56. The van der Waals surface area contributed by atoms with E-state index in [4.69, 9.17) is 4.74 Å². The van der Waals surface area contributed by atoms with E-state index >= 15 is 0 Å². The molecule has 2 rings (SSSR count). The summed E-state index contributed by atoms with van der Waals surface area (Å²) >= 11 is 0. The van der Waals surface area contributed by atoms with Crippen molar-refractivity contribution in [3.63, 3.8) is 0 Å². The lowest BCUT2D eigenvalue weighted by Crippen LogP contribution is -2.34. The van der Waals surface area contributed by atoms with Gasteiger partial charge in [-0.2, -0.15) is 0 Å². The molecule has 1 atom stereocenters. The summed E-state index contributed by atoms with van der Waals surface area (Å²) in [5.74, 6) is 0.828. The number of aromatic nitrogens is 4. The number of nitrogens with zero attached hydrogens (tertiary/aromatic N) is 4. The Balaban J connectivity index is 1.93. The molecule has 0 fully saturated rings. The Bertz CT molecular complexity index is 638. The van der Waals surface area contributed by atoms with Gasteiger partial charge in [-0.05, 0) is 20.8 Å². The fourth-order valence-corrected chi connectivity index (χ4v) is 1.78. The van der Waals surface area contributed by atoms with Crippen LogP contribution in [-0.4, -0.2) is 38.6 Å². The van der Waals surface area contributed by atoms with Crippen LogP contribution in [0.2, 0.25) is 0 Å². The number of amides is 1. The van der Waals surface area contributed by atoms with Gasteiger partial charge in [0, 0.05) is 18.0 Å². The molecule has 2 aromatic rings. The van der Waals surface area contributed by atoms with Gasteiger partial charge in [-0.25, -0.2) is 4.79 Å². The molecule has 0 spiro atoms. The van der Waals surface area contributed by atoms with Crippen molar-refractivity contribution in [1.29, 1.82) is 0 Å². The molecule has 0 saturated carbocycles. The molecule has 0 saturated heterocycles. The fraction of sp³-hybridized carbons (Fsp3) is 0.438. The molecular formula is C16H21N5O2. The minimum atomic E-state index is -0.524. The lowest BCUT2D eigenvalue weighted by atomic mass is 10.1. The van der Waals surface area contributed by atoms with Crippen molar-refractivity contribution in [3.8, 4) is 11.4 Å². The number of ether oxygens (including phenoxy) is 1. The van der Waals surface area contributed by atoms with E-state index in [2.05, 4.69) is 25.7 Å². The Labute approximate surface area is 135 Å². The van der Waals surface area contributed by atoms with Crippen LogP contribution in [0.1, 0.15) is 39.4 Å². The molecule has 1 amide bonds. The molecule has 0 aliphatic heterocycles. The third kappa shape index (κ3) is 5.28. The van der Waals surface area contributed by atoms with Crippen LogP contribution in [0, 0.1) is 0 Å². The number of rotatable bonds is 4. The van der Waals surface area contributed by atoms with Crippen molar-refractivity contribution in [2.24, 2.45) is 0 Å². The highest BCUT2D eigenvalue weighted by molar-refractivity contribution is 5.67. The smallest absolute Gasteiger partial charge is 0.407 e. The van der Waals surface area contributed by atoms with E-state index in [-0.39, 0.29) is 5.92 Å². The van der Waals surface area contributed by atoms with E-state index in [1.807, 2.05) is 58.0 Å². The highest BCUT2D eigenvalue weighted by Gasteiger charge is 2.18.